The maximum atomic E-state index is 12.6. The van der Waals surface area contributed by atoms with Crippen LogP contribution in [0.3, 0.4) is 0 Å². The minimum atomic E-state index is 0.179. The molecule has 1 N–H and O–H groups in total. The lowest BCUT2D eigenvalue weighted by molar-refractivity contribution is 0.0451. The second-order valence-electron chi connectivity index (χ2n) is 7.00. The van der Waals surface area contributed by atoms with Crippen LogP contribution in [0.25, 0.3) is 0 Å². The number of carbonyl (C=O) groups excluding carboxylic acids is 1. The summed E-state index contributed by atoms with van der Waals surface area (Å²) in [6.45, 7) is 11.3. The Hall–Kier alpha value is -1.55. The van der Waals surface area contributed by atoms with Gasteiger partial charge in [-0.05, 0) is 51.0 Å². The summed E-state index contributed by atoms with van der Waals surface area (Å²) >= 11 is 0. The third-order valence-electron chi connectivity index (χ3n) is 4.58. The van der Waals surface area contributed by atoms with Crippen LogP contribution in [-0.2, 0) is 6.42 Å². The summed E-state index contributed by atoms with van der Waals surface area (Å²) in [6.07, 6.45) is 1.02. The van der Waals surface area contributed by atoms with Crippen molar-refractivity contribution >= 4 is 11.6 Å². The van der Waals surface area contributed by atoms with E-state index in [-0.39, 0.29) is 11.4 Å². The number of anilines is 1. The molecule has 1 aromatic rings. The Bertz CT molecular complexity index is 539. The van der Waals surface area contributed by atoms with Crippen LogP contribution in [0.4, 0.5) is 5.69 Å². The molecule has 1 fully saturated rings. The standard InChI is InChI=1S/C17H25N3O/c1-17(2,3)20-10-8-19(9-11-20)16(21)14-4-5-15-13(12-14)6-7-18-15/h4-5,12,18H,6-11H2,1-3H3. The molecule has 114 valence electrons. The second kappa shape index (κ2) is 5.34. The number of carbonyl (C=O) groups is 1. The monoisotopic (exact) mass is 287 g/mol. The minimum Gasteiger partial charge on any atom is -0.384 e. The van der Waals surface area contributed by atoms with Crippen molar-refractivity contribution in [2.75, 3.05) is 38.0 Å². The van der Waals surface area contributed by atoms with Gasteiger partial charge in [-0.3, -0.25) is 9.69 Å². The number of hydrogen-bond donors (Lipinski definition) is 1. The van der Waals surface area contributed by atoms with Crippen LogP contribution in [-0.4, -0.2) is 54.0 Å². The average molecular weight is 287 g/mol. The van der Waals surface area contributed by atoms with Gasteiger partial charge < -0.3 is 10.2 Å². The lowest BCUT2D eigenvalue weighted by Crippen LogP contribution is -2.54. The van der Waals surface area contributed by atoms with Crippen molar-refractivity contribution in [2.45, 2.75) is 32.7 Å². The molecule has 2 heterocycles. The van der Waals surface area contributed by atoms with Gasteiger partial charge in [0.05, 0.1) is 0 Å². The van der Waals surface area contributed by atoms with Crippen LogP contribution in [0.15, 0.2) is 18.2 Å². The Kier molecular flexibility index (Phi) is 3.66. The van der Waals surface area contributed by atoms with Crippen LogP contribution >= 0.6 is 0 Å². The van der Waals surface area contributed by atoms with E-state index in [1.54, 1.807) is 0 Å². The van der Waals surface area contributed by atoms with E-state index < -0.39 is 0 Å². The molecule has 3 rings (SSSR count). The number of fused-ring (bicyclic) bond motifs is 1. The molecule has 0 aromatic heterocycles. The number of nitrogens with zero attached hydrogens (tertiary/aromatic N) is 2. The minimum absolute atomic E-state index is 0.179. The van der Waals surface area contributed by atoms with E-state index in [4.69, 9.17) is 0 Å². The van der Waals surface area contributed by atoms with Crippen LogP contribution in [0.1, 0.15) is 36.7 Å². The maximum Gasteiger partial charge on any atom is 0.253 e. The van der Waals surface area contributed by atoms with Gasteiger partial charge in [0.15, 0.2) is 0 Å². The molecule has 2 aliphatic heterocycles. The molecular formula is C17H25N3O. The number of amides is 1. The van der Waals surface area contributed by atoms with E-state index in [0.29, 0.717) is 0 Å². The predicted molar refractivity (Wildman–Crippen MR) is 85.9 cm³/mol. The average Bonchev–Trinajstić information content (AvgIpc) is 2.93. The van der Waals surface area contributed by atoms with Crippen molar-refractivity contribution in [3.05, 3.63) is 29.3 Å². The van der Waals surface area contributed by atoms with Crippen LogP contribution < -0.4 is 5.32 Å². The first-order valence-electron chi connectivity index (χ1n) is 7.86. The first kappa shape index (κ1) is 14.4. The zero-order chi connectivity index (χ0) is 15.0. The molecule has 1 amide bonds. The summed E-state index contributed by atoms with van der Waals surface area (Å²) in [5.41, 5.74) is 3.48. The van der Waals surface area contributed by atoms with Gasteiger partial charge in [-0.1, -0.05) is 0 Å². The summed E-state index contributed by atoms with van der Waals surface area (Å²) in [6, 6.07) is 6.06. The first-order chi connectivity index (χ1) is 9.95. The quantitative estimate of drug-likeness (QED) is 0.860. The van der Waals surface area contributed by atoms with Crippen LogP contribution in [0, 0.1) is 0 Å². The Balaban J connectivity index is 1.67. The predicted octanol–water partition coefficient (Wildman–Crippen LogP) is 2.21. The van der Waals surface area contributed by atoms with Gasteiger partial charge in [-0.25, -0.2) is 0 Å². The third kappa shape index (κ3) is 2.91. The fourth-order valence-corrected chi connectivity index (χ4v) is 3.20. The number of nitrogens with one attached hydrogen (secondary N) is 1. The Morgan fingerprint density at radius 3 is 2.52 bits per heavy atom. The normalized spacial score (nSPS) is 19.3. The zero-order valence-electron chi connectivity index (χ0n) is 13.3. The van der Waals surface area contributed by atoms with E-state index in [2.05, 4.69) is 37.1 Å². The summed E-state index contributed by atoms with van der Waals surface area (Å²) in [5.74, 6) is 0.179. The summed E-state index contributed by atoms with van der Waals surface area (Å²) in [7, 11) is 0. The van der Waals surface area contributed by atoms with Gasteiger partial charge in [0.2, 0.25) is 0 Å². The summed E-state index contributed by atoms with van der Waals surface area (Å²) in [4.78, 5) is 17.1. The highest BCUT2D eigenvalue weighted by atomic mass is 16.2. The molecule has 4 heteroatoms. The summed E-state index contributed by atoms with van der Waals surface area (Å²) < 4.78 is 0. The first-order valence-corrected chi connectivity index (χ1v) is 7.86. The molecule has 21 heavy (non-hydrogen) atoms. The summed E-state index contributed by atoms with van der Waals surface area (Å²) in [5, 5.41) is 3.34. The molecule has 1 saturated heterocycles. The van der Waals surface area contributed by atoms with Crippen molar-refractivity contribution in [3.8, 4) is 0 Å². The second-order valence-corrected chi connectivity index (χ2v) is 7.00. The molecule has 2 aliphatic rings. The number of hydrogen-bond acceptors (Lipinski definition) is 3. The van der Waals surface area contributed by atoms with Crippen molar-refractivity contribution in [1.82, 2.24) is 9.80 Å². The molecule has 0 unspecified atom stereocenters. The van der Waals surface area contributed by atoms with Crippen molar-refractivity contribution < 1.29 is 4.79 Å². The largest absolute Gasteiger partial charge is 0.384 e. The lowest BCUT2D eigenvalue weighted by atomic mass is 10.0. The molecule has 0 aliphatic carbocycles. The molecule has 0 spiro atoms. The molecule has 0 atom stereocenters. The number of rotatable bonds is 1. The van der Waals surface area contributed by atoms with Crippen LogP contribution in [0.5, 0.6) is 0 Å². The molecule has 1 aromatic carbocycles. The van der Waals surface area contributed by atoms with Crippen molar-refractivity contribution in [1.29, 1.82) is 0 Å². The van der Waals surface area contributed by atoms with Gasteiger partial charge in [0, 0.05) is 49.5 Å². The van der Waals surface area contributed by atoms with Gasteiger partial charge in [0.25, 0.3) is 5.91 Å². The highest BCUT2D eigenvalue weighted by Crippen LogP contribution is 2.24. The zero-order valence-corrected chi connectivity index (χ0v) is 13.3. The highest BCUT2D eigenvalue weighted by molar-refractivity contribution is 5.95. The molecule has 4 nitrogen and oxygen atoms in total. The molecule has 0 bridgehead atoms. The number of benzene rings is 1. The molecule has 0 saturated carbocycles. The van der Waals surface area contributed by atoms with Gasteiger partial charge in [0.1, 0.15) is 0 Å². The highest BCUT2D eigenvalue weighted by Gasteiger charge is 2.28. The Morgan fingerprint density at radius 1 is 1.14 bits per heavy atom. The Labute approximate surface area is 127 Å². The van der Waals surface area contributed by atoms with Gasteiger partial charge >= 0.3 is 0 Å². The smallest absolute Gasteiger partial charge is 0.253 e. The third-order valence-corrected chi connectivity index (χ3v) is 4.58. The van der Waals surface area contributed by atoms with Crippen molar-refractivity contribution in [2.24, 2.45) is 0 Å². The van der Waals surface area contributed by atoms with Gasteiger partial charge in [-0.2, -0.15) is 0 Å². The fourth-order valence-electron chi connectivity index (χ4n) is 3.20. The number of piperazine rings is 1. The SMILES string of the molecule is CC(C)(C)N1CCN(C(=O)c2ccc3c(c2)CCN3)CC1. The van der Waals surface area contributed by atoms with E-state index >= 15 is 0 Å². The van der Waals surface area contributed by atoms with E-state index in [1.165, 1.54) is 11.3 Å². The van der Waals surface area contributed by atoms with E-state index in [1.807, 2.05) is 17.0 Å². The molecular weight excluding hydrogens is 262 g/mol. The van der Waals surface area contributed by atoms with Crippen molar-refractivity contribution in [3.63, 3.8) is 0 Å². The Morgan fingerprint density at radius 2 is 1.86 bits per heavy atom. The lowest BCUT2D eigenvalue weighted by Gasteiger charge is -2.42. The molecule has 0 radical (unpaired) electrons. The topological polar surface area (TPSA) is 35.6 Å². The van der Waals surface area contributed by atoms with Crippen LogP contribution in [0.2, 0.25) is 0 Å². The van der Waals surface area contributed by atoms with Gasteiger partial charge in [-0.15, -0.1) is 0 Å². The maximum absolute atomic E-state index is 12.6. The van der Waals surface area contributed by atoms with E-state index in [0.717, 1.165) is 44.7 Å². The van der Waals surface area contributed by atoms with E-state index in [9.17, 15) is 4.79 Å². The fraction of sp³-hybridized carbons (Fsp3) is 0.588.